The van der Waals surface area contributed by atoms with Gasteiger partial charge in [0.1, 0.15) is 5.82 Å². The Balaban J connectivity index is 1.77. The second kappa shape index (κ2) is 8.45. The van der Waals surface area contributed by atoms with Crippen LogP contribution in [0.25, 0.3) is 0 Å². The van der Waals surface area contributed by atoms with Crippen molar-refractivity contribution in [1.82, 2.24) is 15.5 Å². The van der Waals surface area contributed by atoms with Crippen LogP contribution in [0.3, 0.4) is 0 Å². The van der Waals surface area contributed by atoms with Crippen LogP contribution in [0.5, 0.6) is 0 Å². The monoisotopic (exact) mass is 369 g/mol. The summed E-state index contributed by atoms with van der Waals surface area (Å²) in [6, 6.07) is 4.40. The zero-order chi connectivity index (χ0) is 17.8. The molecule has 2 saturated heterocycles. The largest absolute Gasteiger partial charge is 0.376 e. The van der Waals surface area contributed by atoms with Crippen LogP contribution in [0.2, 0.25) is 5.02 Å². The van der Waals surface area contributed by atoms with E-state index in [2.05, 4.69) is 15.5 Å². The van der Waals surface area contributed by atoms with E-state index in [0.717, 1.165) is 13.0 Å². The Hall–Kier alpha value is -1.21. The van der Waals surface area contributed by atoms with Gasteiger partial charge in [0.05, 0.1) is 24.7 Å². The van der Waals surface area contributed by atoms with E-state index in [9.17, 15) is 9.18 Å². The van der Waals surface area contributed by atoms with Gasteiger partial charge in [0.25, 0.3) is 0 Å². The molecule has 1 aromatic carbocycles. The quantitative estimate of drug-likeness (QED) is 0.833. The van der Waals surface area contributed by atoms with Crippen LogP contribution in [-0.4, -0.2) is 56.2 Å². The highest BCUT2D eigenvalue weighted by atomic mass is 35.5. The smallest absolute Gasteiger partial charge is 0.224 e. The Labute approximate surface area is 152 Å². The van der Waals surface area contributed by atoms with Crippen molar-refractivity contribution in [3.05, 3.63) is 34.6 Å². The first-order valence-electron chi connectivity index (χ1n) is 8.84. The molecule has 1 amide bonds. The number of amides is 1. The lowest BCUT2D eigenvalue weighted by Gasteiger charge is -2.38. The summed E-state index contributed by atoms with van der Waals surface area (Å²) in [5, 5.41) is 6.58. The minimum atomic E-state index is -0.339. The molecule has 0 saturated carbocycles. The molecule has 0 unspecified atom stereocenters. The number of halogens is 2. The molecule has 0 aliphatic carbocycles. The zero-order valence-electron chi connectivity index (χ0n) is 14.4. The van der Waals surface area contributed by atoms with Crippen molar-refractivity contribution in [2.75, 3.05) is 39.3 Å². The highest BCUT2D eigenvalue weighted by Gasteiger charge is 2.30. The highest BCUT2D eigenvalue weighted by Crippen LogP contribution is 2.31. The average Bonchev–Trinajstić information content (AvgIpc) is 3.12. The molecule has 0 spiro atoms. The Morgan fingerprint density at radius 3 is 3.08 bits per heavy atom. The lowest BCUT2D eigenvalue weighted by Crippen LogP contribution is -2.47. The van der Waals surface area contributed by atoms with Gasteiger partial charge in [-0.2, -0.15) is 0 Å². The summed E-state index contributed by atoms with van der Waals surface area (Å²) >= 11 is 6.30. The van der Waals surface area contributed by atoms with Crippen molar-refractivity contribution in [2.24, 2.45) is 5.92 Å². The summed E-state index contributed by atoms with van der Waals surface area (Å²) in [7, 11) is 0. The molecule has 2 aliphatic rings. The lowest BCUT2D eigenvalue weighted by atomic mass is 10.0. The van der Waals surface area contributed by atoms with Gasteiger partial charge in [0, 0.05) is 36.8 Å². The normalized spacial score (nSPS) is 25.7. The molecule has 2 heterocycles. The molecule has 1 aromatic rings. The summed E-state index contributed by atoms with van der Waals surface area (Å²) in [4.78, 5) is 14.5. The van der Waals surface area contributed by atoms with Crippen molar-refractivity contribution in [2.45, 2.75) is 25.5 Å². The molecular weight excluding hydrogens is 345 g/mol. The average molecular weight is 370 g/mol. The lowest BCUT2D eigenvalue weighted by molar-refractivity contribution is -0.124. The molecule has 3 atom stereocenters. The molecule has 2 N–H and O–H groups in total. The Bertz CT molecular complexity index is 590. The highest BCUT2D eigenvalue weighted by molar-refractivity contribution is 6.31. The van der Waals surface area contributed by atoms with Gasteiger partial charge >= 0.3 is 0 Å². The predicted molar refractivity (Wildman–Crippen MR) is 95.1 cm³/mol. The summed E-state index contributed by atoms with van der Waals surface area (Å²) in [5.74, 6) is -0.336. The third-order valence-corrected chi connectivity index (χ3v) is 5.28. The van der Waals surface area contributed by atoms with Crippen molar-refractivity contribution in [1.29, 1.82) is 0 Å². The first-order valence-corrected chi connectivity index (χ1v) is 9.22. The van der Waals surface area contributed by atoms with Gasteiger partial charge in [-0.05, 0) is 32.0 Å². The maximum absolute atomic E-state index is 14.5. The summed E-state index contributed by atoms with van der Waals surface area (Å²) in [6.07, 6.45) is 0.905. The molecule has 0 radical (unpaired) electrons. The van der Waals surface area contributed by atoms with Gasteiger partial charge in [-0.1, -0.05) is 17.7 Å². The number of carbonyl (C=O) groups excluding carboxylic acids is 1. The molecule has 0 aromatic heterocycles. The fourth-order valence-electron chi connectivity index (χ4n) is 3.59. The second-order valence-corrected chi connectivity index (χ2v) is 7.17. The maximum atomic E-state index is 14.5. The SMILES string of the molecule is C[C@@H]1CN([C@H](CNC(=O)[C@@H]2CCNC2)c2c(F)cccc2Cl)CCO1. The van der Waals surface area contributed by atoms with Crippen LogP contribution in [0.4, 0.5) is 4.39 Å². The fraction of sp³-hybridized carbons (Fsp3) is 0.611. The number of nitrogens with one attached hydrogen (secondary N) is 2. The molecule has 25 heavy (non-hydrogen) atoms. The van der Waals surface area contributed by atoms with Crippen LogP contribution in [0.1, 0.15) is 24.9 Å². The van der Waals surface area contributed by atoms with Crippen molar-refractivity contribution in [3.63, 3.8) is 0 Å². The number of rotatable bonds is 5. The van der Waals surface area contributed by atoms with E-state index < -0.39 is 0 Å². The van der Waals surface area contributed by atoms with Crippen LogP contribution in [0.15, 0.2) is 18.2 Å². The minimum absolute atomic E-state index is 0.0136. The number of carbonyl (C=O) groups is 1. The zero-order valence-corrected chi connectivity index (χ0v) is 15.2. The Kier molecular flexibility index (Phi) is 6.28. The number of hydrogen-bond donors (Lipinski definition) is 2. The van der Waals surface area contributed by atoms with Gasteiger partial charge < -0.3 is 15.4 Å². The number of ether oxygens (including phenoxy) is 1. The van der Waals surface area contributed by atoms with Crippen molar-refractivity contribution >= 4 is 17.5 Å². The van der Waals surface area contributed by atoms with Gasteiger partial charge in [-0.15, -0.1) is 0 Å². The van der Waals surface area contributed by atoms with E-state index in [-0.39, 0.29) is 29.8 Å². The van der Waals surface area contributed by atoms with E-state index in [1.54, 1.807) is 12.1 Å². The molecule has 3 rings (SSSR count). The van der Waals surface area contributed by atoms with E-state index in [1.165, 1.54) is 6.07 Å². The summed E-state index contributed by atoms with van der Waals surface area (Å²) < 4.78 is 20.1. The van der Waals surface area contributed by atoms with Gasteiger partial charge in [-0.25, -0.2) is 4.39 Å². The third-order valence-electron chi connectivity index (χ3n) is 4.95. The number of morpholine rings is 1. The van der Waals surface area contributed by atoms with Gasteiger partial charge in [-0.3, -0.25) is 9.69 Å². The van der Waals surface area contributed by atoms with E-state index in [1.807, 2.05) is 6.92 Å². The standard InChI is InChI=1S/C18H25ClFN3O2/c1-12-11-23(7-8-25-12)16(17-14(19)3-2-4-15(17)20)10-22-18(24)13-5-6-21-9-13/h2-4,12-13,16,21H,5-11H2,1H3,(H,22,24)/t12-,13-,16-/m1/s1. The van der Waals surface area contributed by atoms with E-state index in [4.69, 9.17) is 16.3 Å². The first-order chi connectivity index (χ1) is 12.1. The molecule has 5 nitrogen and oxygen atoms in total. The molecule has 138 valence electrons. The van der Waals surface area contributed by atoms with Crippen molar-refractivity contribution in [3.8, 4) is 0 Å². The molecule has 2 aliphatic heterocycles. The Morgan fingerprint density at radius 1 is 1.56 bits per heavy atom. The van der Waals surface area contributed by atoms with Gasteiger partial charge in [0.15, 0.2) is 0 Å². The number of benzene rings is 1. The van der Waals surface area contributed by atoms with E-state index in [0.29, 0.717) is 43.4 Å². The minimum Gasteiger partial charge on any atom is -0.376 e. The Morgan fingerprint density at radius 2 is 2.40 bits per heavy atom. The van der Waals surface area contributed by atoms with E-state index >= 15 is 0 Å². The topological polar surface area (TPSA) is 53.6 Å². The van der Waals surface area contributed by atoms with Crippen LogP contribution < -0.4 is 10.6 Å². The number of nitrogens with zero attached hydrogens (tertiary/aromatic N) is 1. The summed E-state index contributed by atoms with van der Waals surface area (Å²) in [5.41, 5.74) is 0.447. The van der Waals surface area contributed by atoms with Crippen LogP contribution in [0, 0.1) is 11.7 Å². The third kappa shape index (κ3) is 4.50. The fourth-order valence-corrected chi connectivity index (χ4v) is 3.88. The molecular formula is C18H25ClFN3O2. The first kappa shape index (κ1) is 18.6. The number of hydrogen-bond acceptors (Lipinski definition) is 4. The molecule has 0 bridgehead atoms. The maximum Gasteiger partial charge on any atom is 0.224 e. The molecule has 2 fully saturated rings. The summed E-state index contributed by atoms with van der Waals surface area (Å²) in [6.45, 7) is 5.84. The predicted octanol–water partition coefficient (Wildman–Crippen LogP) is 1.97. The van der Waals surface area contributed by atoms with Crippen LogP contribution >= 0.6 is 11.6 Å². The van der Waals surface area contributed by atoms with Gasteiger partial charge in [0.2, 0.25) is 5.91 Å². The second-order valence-electron chi connectivity index (χ2n) is 6.76. The van der Waals surface area contributed by atoms with Crippen molar-refractivity contribution < 1.29 is 13.9 Å². The van der Waals surface area contributed by atoms with Crippen LogP contribution in [-0.2, 0) is 9.53 Å². The molecule has 7 heteroatoms.